The van der Waals surface area contributed by atoms with Crippen molar-refractivity contribution < 1.29 is 18.4 Å². The summed E-state index contributed by atoms with van der Waals surface area (Å²) < 4.78 is 29.4. The Balaban J connectivity index is 1.12. The van der Waals surface area contributed by atoms with E-state index in [-0.39, 0.29) is 22.9 Å². The molecule has 204 valence electrons. The molecule has 1 aromatic heterocycles. The van der Waals surface area contributed by atoms with E-state index in [1.165, 1.54) is 16.0 Å². The Labute approximate surface area is 235 Å². The van der Waals surface area contributed by atoms with Crippen LogP contribution in [0.2, 0.25) is 5.02 Å². The van der Waals surface area contributed by atoms with Crippen LogP contribution in [0.3, 0.4) is 0 Å². The fraction of sp³-hybridized carbons (Fsp3) is 0.233. The Bertz CT molecular complexity index is 1610. The molecule has 2 aliphatic rings. The van der Waals surface area contributed by atoms with Gasteiger partial charge in [-0.3, -0.25) is 19.9 Å². The molecule has 40 heavy (non-hydrogen) atoms. The highest BCUT2D eigenvalue weighted by atomic mass is 35.5. The number of benzene rings is 3. The number of nitrogens with zero attached hydrogens (tertiary/aromatic N) is 4. The van der Waals surface area contributed by atoms with Crippen molar-refractivity contribution in [2.75, 3.05) is 11.4 Å². The summed E-state index contributed by atoms with van der Waals surface area (Å²) in [5, 5.41) is 2.44. The summed E-state index contributed by atoms with van der Waals surface area (Å²) in [5.41, 5.74) is 5.75. The fourth-order valence-corrected chi connectivity index (χ4v) is 5.65. The molecule has 3 heterocycles. The zero-order valence-electron chi connectivity index (χ0n) is 21.8. The van der Waals surface area contributed by atoms with Gasteiger partial charge >= 0.3 is 6.03 Å². The first-order valence-electron chi connectivity index (χ1n) is 12.9. The monoisotopic (exact) mass is 561 g/mol. The lowest BCUT2D eigenvalue weighted by Crippen LogP contribution is -2.50. The third-order valence-electron chi connectivity index (χ3n) is 7.46. The van der Waals surface area contributed by atoms with E-state index in [2.05, 4.69) is 27.3 Å². The molecule has 1 fully saturated rings. The van der Waals surface area contributed by atoms with Gasteiger partial charge in [-0.2, -0.15) is 0 Å². The average molecular weight is 562 g/mol. The number of amides is 3. The van der Waals surface area contributed by atoms with Crippen LogP contribution in [0, 0.1) is 11.6 Å². The van der Waals surface area contributed by atoms with E-state index in [0.717, 1.165) is 54.3 Å². The van der Waals surface area contributed by atoms with Crippen LogP contribution >= 0.6 is 11.6 Å². The van der Waals surface area contributed by atoms with Crippen LogP contribution in [-0.2, 0) is 37.9 Å². The number of halogens is 3. The van der Waals surface area contributed by atoms with Crippen molar-refractivity contribution >= 4 is 29.4 Å². The standard InChI is InChI=1S/C30H26ClF2N5O2/c1-36-28(38-9-8-27(39)35-30(38)40)14-34-29(36)20-6-7-21-16-37(17-22(21)11-20)15-19-4-2-18(3-5-19)10-24-25(31)12-23(32)13-26(24)33/h2-7,11-14H,8-10,15-17H2,1H3,(H,35,39,40). The molecule has 0 aliphatic carbocycles. The second kappa shape index (κ2) is 10.5. The lowest BCUT2D eigenvalue weighted by atomic mass is 10.0. The first-order chi connectivity index (χ1) is 19.2. The van der Waals surface area contributed by atoms with Crippen molar-refractivity contribution in [3.05, 3.63) is 105 Å². The lowest BCUT2D eigenvalue weighted by Gasteiger charge is -2.26. The molecule has 0 atom stereocenters. The quantitative estimate of drug-likeness (QED) is 0.334. The molecule has 7 nitrogen and oxygen atoms in total. The van der Waals surface area contributed by atoms with Crippen molar-refractivity contribution in [3.63, 3.8) is 0 Å². The zero-order chi connectivity index (χ0) is 28.0. The normalized spacial score (nSPS) is 15.4. The molecule has 10 heteroatoms. The third-order valence-corrected chi connectivity index (χ3v) is 7.80. The average Bonchev–Trinajstić information content (AvgIpc) is 3.49. The number of hydrogen-bond acceptors (Lipinski definition) is 4. The van der Waals surface area contributed by atoms with Crippen LogP contribution in [0.1, 0.15) is 34.2 Å². The second-order valence-electron chi connectivity index (χ2n) is 10.2. The maximum atomic E-state index is 14.2. The Morgan fingerprint density at radius 1 is 0.975 bits per heavy atom. The molecule has 0 unspecified atom stereocenters. The number of carbonyl (C=O) groups is 2. The Kier molecular flexibility index (Phi) is 6.85. The molecule has 1 saturated heterocycles. The minimum absolute atomic E-state index is 0.0889. The van der Waals surface area contributed by atoms with Gasteiger partial charge in [0.1, 0.15) is 23.3 Å². The van der Waals surface area contributed by atoms with Gasteiger partial charge in [-0.1, -0.05) is 48.0 Å². The predicted octanol–water partition coefficient (Wildman–Crippen LogP) is 5.57. The number of carbonyl (C=O) groups excluding carboxylic acids is 2. The van der Waals surface area contributed by atoms with Crippen molar-refractivity contribution in [1.29, 1.82) is 0 Å². The Morgan fingerprint density at radius 2 is 1.73 bits per heavy atom. The number of imidazole rings is 1. The summed E-state index contributed by atoms with van der Waals surface area (Å²) in [6, 6.07) is 15.8. The maximum Gasteiger partial charge on any atom is 0.329 e. The van der Waals surface area contributed by atoms with E-state index in [0.29, 0.717) is 18.8 Å². The minimum atomic E-state index is -0.685. The molecule has 1 N–H and O–H groups in total. The first-order valence-corrected chi connectivity index (χ1v) is 13.3. The predicted molar refractivity (Wildman–Crippen MR) is 148 cm³/mol. The van der Waals surface area contributed by atoms with E-state index < -0.39 is 17.7 Å². The third kappa shape index (κ3) is 5.10. The van der Waals surface area contributed by atoms with Crippen molar-refractivity contribution in [3.8, 4) is 11.4 Å². The van der Waals surface area contributed by atoms with Crippen LogP contribution in [0.4, 0.5) is 19.4 Å². The van der Waals surface area contributed by atoms with Crippen LogP contribution in [-0.4, -0.2) is 32.9 Å². The van der Waals surface area contributed by atoms with Crippen molar-refractivity contribution in [1.82, 2.24) is 19.8 Å². The highest BCUT2D eigenvalue weighted by molar-refractivity contribution is 6.31. The maximum absolute atomic E-state index is 14.2. The van der Waals surface area contributed by atoms with E-state index in [1.807, 2.05) is 41.9 Å². The molecule has 3 aromatic carbocycles. The number of rotatable bonds is 6. The summed E-state index contributed by atoms with van der Waals surface area (Å²) in [5.74, 6) is -0.217. The molecular formula is C30H26ClF2N5O2. The van der Waals surface area contributed by atoms with Gasteiger partial charge in [0.15, 0.2) is 0 Å². The summed E-state index contributed by atoms with van der Waals surface area (Å²) >= 11 is 6.06. The second-order valence-corrected chi connectivity index (χ2v) is 10.6. The van der Waals surface area contributed by atoms with Gasteiger partial charge < -0.3 is 4.57 Å². The van der Waals surface area contributed by atoms with E-state index >= 15 is 0 Å². The first kappa shape index (κ1) is 26.2. The van der Waals surface area contributed by atoms with E-state index in [4.69, 9.17) is 11.6 Å². The summed E-state index contributed by atoms with van der Waals surface area (Å²) in [4.78, 5) is 32.3. The Hall–Kier alpha value is -4.08. The van der Waals surface area contributed by atoms with Crippen molar-refractivity contribution in [2.24, 2.45) is 7.05 Å². The molecule has 0 saturated carbocycles. The Morgan fingerprint density at radius 3 is 2.48 bits per heavy atom. The fourth-order valence-electron chi connectivity index (χ4n) is 5.38. The van der Waals surface area contributed by atoms with E-state index in [9.17, 15) is 18.4 Å². The molecule has 0 radical (unpaired) electrons. The van der Waals surface area contributed by atoms with Gasteiger partial charge in [-0.15, -0.1) is 0 Å². The van der Waals surface area contributed by atoms with Gasteiger partial charge in [0, 0.05) is 68.3 Å². The number of fused-ring (bicyclic) bond motifs is 1. The smallest absolute Gasteiger partial charge is 0.314 e. The topological polar surface area (TPSA) is 70.5 Å². The highest BCUT2D eigenvalue weighted by Gasteiger charge is 2.27. The van der Waals surface area contributed by atoms with Crippen molar-refractivity contribution in [2.45, 2.75) is 32.5 Å². The van der Waals surface area contributed by atoms with Gasteiger partial charge in [0.25, 0.3) is 0 Å². The largest absolute Gasteiger partial charge is 0.329 e. The zero-order valence-corrected chi connectivity index (χ0v) is 22.5. The summed E-state index contributed by atoms with van der Waals surface area (Å²) in [6.07, 6.45) is 2.20. The number of anilines is 1. The van der Waals surface area contributed by atoms with Crippen LogP contribution < -0.4 is 10.2 Å². The number of hydrogen-bond donors (Lipinski definition) is 1. The van der Waals surface area contributed by atoms with Gasteiger partial charge in [-0.25, -0.2) is 18.6 Å². The molecule has 4 aromatic rings. The number of nitrogens with one attached hydrogen (secondary N) is 1. The molecule has 2 aliphatic heterocycles. The van der Waals surface area contributed by atoms with Crippen LogP contribution in [0.15, 0.2) is 60.8 Å². The highest BCUT2D eigenvalue weighted by Crippen LogP contribution is 2.31. The molecular weight excluding hydrogens is 536 g/mol. The molecule has 0 spiro atoms. The van der Waals surface area contributed by atoms with Gasteiger partial charge in [-0.05, 0) is 34.4 Å². The summed E-state index contributed by atoms with van der Waals surface area (Å²) in [6.45, 7) is 2.68. The van der Waals surface area contributed by atoms with Gasteiger partial charge in [0.2, 0.25) is 5.91 Å². The minimum Gasteiger partial charge on any atom is -0.314 e. The molecule has 0 bridgehead atoms. The molecule has 6 rings (SSSR count). The number of aromatic nitrogens is 2. The lowest BCUT2D eigenvalue weighted by molar-refractivity contribution is -0.120. The van der Waals surface area contributed by atoms with Crippen LogP contribution in [0.25, 0.3) is 11.4 Å². The van der Waals surface area contributed by atoms with Gasteiger partial charge in [0.05, 0.1) is 6.20 Å². The number of urea groups is 1. The van der Waals surface area contributed by atoms with E-state index in [1.54, 1.807) is 6.20 Å². The van der Waals surface area contributed by atoms with Crippen LogP contribution in [0.5, 0.6) is 0 Å². The summed E-state index contributed by atoms with van der Waals surface area (Å²) in [7, 11) is 1.86. The SMILES string of the molecule is Cn1c(N2CCC(=O)NC2=O)cnc1-c1ccc2c(c1)CN(Cc1ccc(Cc3c(F)cc(F)cc3Cl)cc1)C2. The number of imide groups is 1. The molecule has 3 amide bonds.